The van der Waals surface area contributed by atoms with Gasteiger partial charge in [-0.05, 0) is 82.1 Å². The van der Waals surface area contributed by atoms with E-state index in [4.69, 9.17) is 19.1 Å². The fraction of sp³-hybridized carbons (Fsp3) is 0.875. The van der Waals surface area contributed by atoms with Gasteiger partial charge in [0.2, 0.25) is 0 Å². The van der Waals surface area contributed by atoms with Gasteiger partial charge in [0.15, 0.2) is 11.1 Å². The number of hydroxylamine groups is 4. The van der Waals surface area contributed by atoms with Crippen molar-refractivity contribution in [3.63, 3.8) is 0 Å². The second-order valence-electron chi connectivity index (χ2n) is 15.2. The van der Waals surface area contributed by atoms with Crippen molar-refractivity contribution in [3.8, 4) is 12.1 Å². The summed E-state index contributed by atoms with van der Waals surface area (Å²) in [6.07, 6.45) is 1.94. The summed E-state index contributed by atoms with van der Waals surface area (Å²) in [5.41, 5.74) is -4.02. The first-order chi connectivity index (χ1) is 20.1. The standard InChI is InChI=1S/C32H54N6O6/c1-27(2)17-23(18-28(3,4)37(27)41-11)43-25(39)13-15-31(9,21-33)35-36-32(10,22-34)16-14-26(40)44-24-19-29(5,6)38(42-12)30(7,8)20-24/h23-24H,13-20H2,1-12H3/b36-35+. The molecule has 0 aromatic carbocycles. The Morgan fingerprint density at radius 3 is 1.18 bits per heavy atom. The number of ether oxygens (including phenoxy) is 2. The highest BCUT2D eigenvalue weighted by Crippen LogP contribution is 2.41. The van der Waals surface area contributed by atoms with Gasteiger partial charge >= 0.3 is 11.9 Å². The summed E-state index contributed by atoms with van der Waals surface area (Å²) in [5.74, 6) is -0.838. The minimum absolute atomic E-state index is 0.0292. The van der Waals surface area contributed by atoms with E-state index in [9.17, 15) is 20.1 Å². The molecule has 0 bridgehead atoms. The number of azo groups is 1. The Kier molecular flexibility index (Phi) is 11.8. The second-order valence-corrected chi connectivity index (χ2v) is 15.2. The number of nitriles is 2. The normalized spacial score (nSPS) is 24.9. The molecule has 0 N–H and O–H groups in total. The fourth-order valence-electron chi connectivity index (χ4n) is 7.16. The predicted octanol–water partition coefficient (Wildman–Crippen LogP) is 5.82. The molecule has 248 valence electrons. The van der Waals surface area contributed by atoms with Gasteiger partial charge in [0.25, 0.3) is 0 Å². The monoisotopic (exact) mass is 618 g/mol. The molecule has 0 saturated carbocycles. The van der Waals surface area contributed by atoms with Crippen molar-refractivity contribution < 1.29 is 28.7 Å². The van der Waals surface area contributed by atoms with Crippen LogP contribution >= 0.6 is 0 Å². The highest BCUT2D eigenvalue weighted by atomic mass is 16.7. The first-order valence-electron chi connectivity index (χ1n) is 15.4. The largest absolute Gasteiger partial charge is 0.462 e. The van der Waals surface area contributed by atoms with E-state index >= 15 is 0 Å². The third-order valence-corrected chi connectivity index (χ3v) is 8.67. The maximum Gasteiger partial charge on any atom is 0.306 e. The summed E-state index contributed by atoms with van der Waals surface area (Å²) in [6, 6.07) is 4.22. The maximum atomic E-state index is 12.8. The number of esters is 2. The zero-order valence-electron chi connectivity index (χ0n) is 28.9. The molecule has 0 aliphatic carbocycles. The molecule has 2 atom stereocenters. The van der Waals surface area contributed by atoms with Crippen molar-refractivity contribution in [3.05, 3.63) is 0 Å². The second kappa shape index (κ2) is 13.8. The molecule has 2 rings (SSSR count). The number of nitrogens with zero attached hydrogens (tertiary/aromatic N) is 6. The summed E-state index contributed by atoms with van der Waals surface area (Å²) in [5, 5.41) is 32.0. The molecule has 2 unspecified atom stereocenters. The van der Waals surface area contributed by atoms with Gasteiger partial charge in [-0.1, -0.05) is 0 Å². The van der Waals surface area contributed by atoms with Gasteiger partial charge in [0.05, 0.1) is 26.4 Å². The lowest BCUT2D eigenvalue weighted by atomic mass is 9.80. The van der Waals surface area contributed by atoms with Crippen molar-refractivity contribution in [1.82, 2.24) is 10.1 Å². The SMILES string of the molecule is CON1C(C)(C)CC(OC(=O)CCC(C)(C#N)/N=N/C(C)(C#N)CCC(=O)OC2CC(C)(C)N(OC)C(C)(C)C2)CC1(C)C. The Hall–Kier alpha value is -2.64. The van der Waals surface area contributed by atoms with Crippen LogP contribution in [0.3, 0.4) is 0 Å². The van der Waals surface area contributed by atoms with Crippen LogP contribution in [0.15, 0.2) is 10.2 Å². The van der Waals surface area contributed by atoms with E-state index in [-0.39, 0.29) is 60.0 Å². The molecule has 12 heteroatoms. The van der Waals surface area contributed by atoms with Gasteiger partial charge in [-0.2, -0.15) is 30.9 Å². The van der Waals surface area contributed by atoms with E-state index in [1.807, 2.05) is 65.5 Å². The Balaban J connectivity index is 1.95. The van der Waals surface area contributed by atoms with Crippen LogP contribution in [-0.4, -0.2) is 81.7 Å². The fourth-order valence-corrected chi connectivity index (χ4v) is 7.16. The number of carbonyl (C=O) groups is 2. The summed E-state index contributed by atoms with van der Waals surface area (Å²) in [4.78, 5) is 36.8. The lowest BCUT2D eigenvalue weighted by Gasteiger charge is -2.52. The van der Waals surface area contributed by atoms with E-state index < -0.39 is 23.0 Å². The molecular weight excluding hydrogens is 564 g/mol. The van der Waals surface area contributed by atoms with E-state index in [1.165, 1.54) is 0 Å². The summed E-state index contributed by atoms with van der Waals surface area (Å²) in [6.45, 7) is 19.5. The van der Waals surface area contributed by atoms with Crippen molar-refractivity contribution in [2.75, 3.05) is 14.2 Å². The minimum Gasteiger partial charge on any atom is -0.462 e. The van der Waals surface area contributed by atoms with Gasteiger partial charge in [0, 0.05) is 60.7 Å². The molecule has 12 nitrogen and oxygen atoms in total. The van der Waals surface area contributed by atoms with Gasteiger partial charge < -0.3 is 19.1 Å². The van der Waals surface area contributed by atoms with E-state index in [0.717, 1.165) is 0 Å². The number of hydrogen-bond donors (Lipinski definition) is 0. The molecule has 2 aliphatic heterocycles. The minimum atomic E-state index is -1.35. The van der Waals surface area contributed by atoms with E-state index in [0.29, 0.717) is 25.7 Å². The van der Waals surface area contributed by atoms with Gasteiger partial charge in [-0.3, -0.25) is 9.59 Å². The molecule has 44 heavy (non-hydrogen) atoms. The van der Waals surface area contributed by atoms with Crippen molar-refractivity contribution in [2.24, 2.45) is 10.2 Å². The first kappa shape index (κ1) is 37.5. The zero-order chi connectivity index (χ0) is 33.8. The lowest BCUT2D eigenvalue weighted by Crippen LogP contribution is -2.61. The molecule has 2 aliphatic rings. The quantitative estimate of drug-likeness (QED) is 0.193. The smallest absolute Gasteiger partial charge is 0.306 e. The van der Waals surface area contributed by atoms with Crippen LogP contribution in [0.5, 0.6) is 0 Å². The zero-order valence-corrected chi connectivity index (χ0v) is 28.9. The van der Waals surface area contributed by atoms with Crippen molar-refractivity contribution >= 4 is 11.9 Å². The van der Waals surface area contributed by atoms with Crippen LogP contribution in [-0.2, 0) is 28.7 Å². The molecule has 2 heterocycles. The van der Waals surface area contributed by atoms with Crippen LogP contribution in [0.25, 0.3) is 0 Å². The highest BCUT2D eigenvalue weighted by molar-refractivity contribution is 5.70. The van der Waals surface area contributed by atoms with Gasteiger partial charge in [-0.25, -0.2) is 0 Å². The summed E-state index contributed by atoms with van der Waals surface area (Å²) in [7, 11) is 3.29. The maximum absolute atomic E-state index is 12.8. The molecule has 0 radical (unpaired) electrons. The molecule has 2 fully saturated rings. The lowest BCUT2D eigenvalue weighted by molar-refractivity contribution is -0.278. The average Bonchev–Trinajstić information content (AvgIpc) is 2.87. The van der Waals surface area contributed by atoms with E-state index in [1.54, 1.807) is 28.1 Å². The Morgan fingerprint density at radius 1 is 0.682 bits per heavy atom. The van der Waals surface area contributed by atoms with Crippen LogP contribution < -0.4 is 0 Å². The van der Waals surface area contributed by atoms with Crippen molar-refractivity contribution in [1.29, 1.82) is 10.5 Å². The molecule has 0 spiro atoms. The number of rotatable bonds is 12. The van der Waals surface area contributed by atoms with E-state index in [2.05, 4.69) is 22.4 Å². The summed E-state index contributed by atoms with van der Waals surface area (Å²) >= 11 is 0. The molecule has 2 saturated heterocycles. The number of piperidine rings is 2. The molecule has 0 aromatic rings. The molecule has 0 amide bonds. The van der Waals surface area contributed by atoms with Crippen LogP contribution in [0.4, 0.5) is 0 Å². The Labute approximate surface area is 263 Å². The Morgan fingerprint density at radius 2 is 0.955 bits per heavy atom. The predicted molar refractivity (Wildman–Crippen MR) is 164 cm³/mol. The average molecular weight is 619 g/mol. The third kappa shape index (κ3) is 9.43. The Bertz CT molecular complexity index is 1030. The summed E-state index contributed by atoms with van der Waals surface area (Å²) < 4.78 is 11.6. The number of hydrogen-bond acceptors (Lipinski definition) is 12. The van der Waals surface area contributed by atoms with Crippen molar-refractivity contribution in [2.45, 2.75) is 166 Å². The number of carbonyl (C=O) groups excluding carboxylic acids is 2. The highest BCUT2D eigenvalue weighted by Gasteiger charge is 2.48. The molecule has 0 aromatic heterocycles. The van der Waals surface area contributed by atoms with Crippen LogP contribution in [0, 0.1) is 22.7 Å². The molecular formula is C32H54N6O6. The van der Waals surface area contributed by atoms with Gasteiger partial charge in [-0.15, -0.1) is 0 Å². The first-order valence-corrected chi connectivity index (χ1v) is 15.4. The van der Waals surface area contributed by atoms with Gasteiger partial charge in [0.1, 0.15) is 12.2 Å². The van der Waals surface area contributed by atoms with Crippen LogP contribution in [0.2, 0.25) is 0 Å². The third-order valence-electron chi connectivity index (χ3n) is 8.67. The van der Waals surface area contributed by atoms with Crippen LogP contribution in [0.1, 0.15) is 121 Å². The topological polar surface area (TPSA) is 150 Å².